The Morgan fingerprint density at radius 2 is 1.89 bits per heavy atom. The number of hydrogen-bond acceptors (Lipinski definition) is 10. The van der Waals surface area contributed by atoms with Gasteiger partial charge in [0.1, 0.15) is 11.7 Å². The molecule has 4 heterocycles. The summed E-state index contributed by atoms with van der Waals surface area (Å²) in [6.45, 7) is 7.88. The third kappa shape index (κ3) is 6.96. The van der Waals surface area contributed by atoms with Crippen molar-refractivity contribution in [2.75, 3.05) is 55.1 Å². The number of nitriles is 1. The second-order valence-electron chi connectivity index (χ2n) is 9.95. The molecular weight excluding hydrogens is 500 g/mol. The average Bonchev–Trinajstić information content (AvgIpc) is 2.86. The molecule has 2 fully saturated rings. The van der Waals surface area contributed by atoms with Gasteiger partial charge in [0.25, 0.3) is 0 Å². The monoisotopic (exact) mass is 531 g/mol. The van der Waals surface area contributed by atoms with Gasteiger partial charge in [-0.1, -0.05) is 0 Å². The van der Waals surface area contributed by atoms with Crippen LogP contribution >= 0.6 is 0 Å². The molecule has 1 amide bonds. The normalized spacial score (nSPS) is 19.8. The zero-order valence-corrected chi connectivity index (χ0v) is 21.5. The van der Waals surface area contributed by atoms with E-state index in [1.54, 1.807) is 25.7 Å². The van der Waals surface area contributed by atoms with Crippen molar-refractivity contribution in [3.8, 4) is 6.07 Å². The zero-order chi connectivity index (χ0) is 27.3. The first-order valence-corrected chi connectivity index (χ1v) is 12.3. The lowest BCUT2D eigenvalue weighted by atomic mass is 10.0. The fourth-order valence-corrected chi connectivity index (χ4v) is 4.10. The molecule has 2 saturated heterocycles. The summed E-state index contributed by atoms with van der Waals surface area (Å²) in [7, 11) is 0. The van der Waals surface area contributed by atoms with E-state index in [0.29, 0.717) is 39.3 Å². The van der Waals surface area contributed by atoms with Crippen molar-refractivity contribution in [3.63, 3.8) is 0 Å². The largest absolute Gasteiger partial charge is 0.444 e. The fourth-order valence-electron chi connectivity index (χ4n) is 4.10. The number of amides is 1. The van der Waals surface area contributed by atoms with E-state index in [2.05, 4.69) is 25.9 Å². The molecule has 4 rings (SSSR count). The van der Waals surface area contributed by atoms with Crippen molar-refractivity contribution in [1.82, 2.24) is 15.3 Å². The van der Waals surface area contributed by atoms with E-state index in [1.807, 2.05) is 6.07 Å². The van der Waals surface area contributed by atoms with Crippen LogP contribution in [0, 0.1) is 23.0 Å². The summed E-state index contributed by atoms with van der Waals surface area (Å²) in [5.74, 6) is -1.19. The molecule has 11 nitrogen and oxygen atoms in total. The number of alkyl carbamates (subject to hydrolysis) is 1. The highest BCUT2D eigenvalue weighted by Gasteiger charge is 2.30. The van der Waals surface area contributed by atoms with E-state index in [4.69, 9.17) is 14.2 Å². The van der Waals surface area contributed by atoms with Gasteiger partial charge >= 0.3 is 6.09 Å². The van der Waals surface area contributed by atoms with Crippen molar-refractivity contribution in [2.45, 2.75) is 44.9 Å². The predicted octanol–water partition coefficient (Wildman–Crippen LogP) is 3.30. The van der Waals surface area contributed by atoms with Crippen molar-refractivity contribution >= 4 is 29.2 Å². The maximum atomic E-state index is 14.9. The fraction of sp³-hybridized carbons (Fsp3) is 0.520. The number of anilines is 4. The molecule has 0 spiro atoms. The van der Waals surface area contributed by atoms with Gasteiger partial charge in [-0.15, -0.1) is 0 Å². The van der Waals surface area contributed by atoms with Crippen LogP contribution in [0.3, 0.4) is 0 Å². The van der Waals surface area contributed by atoms with Gasteiger partial charge < -0.3 is 35.1 Å². The van der Waals surface area contributed by atoms with Gasteiger partial charge in [-0.05, 0) is 33.3 Å². The maximum Gasteiger partial charge on any atom is 0.408 e. The number of aromatic nitrogens is 2. The molecular formula is C25H31F2N7O4. The van der Waals surface area contributed by atoms with Gasteiger partial charge in [0, 0.05) is 25.8 Å². The van der Waals surface area contributed by atoms with Crippen LogP contribution in [0.2, 0.25) is 0 Å². The van der Waals surface area contributed by atoms with Gasteiger partial charge in [0.2, 0.25) is 0 Å². The lowest BCUT2D eigenvalue weighted by molar-refractivity contribution is 0.0317. The number of ether oxygens (including phenoxy) is 3. The molecule has 0 bridgehead atoms. The minimum Gasteiger partial charge on any atom is -0.444 e. The molecule has 0 aromatic carbocycles. The molecule has 2 atom stereocenters. The standard InChI is InChI=1S/C25H31F2N7O4/c1-25(2,3)38-24(35)32-20-14-37-7-4-19(20)31-22-17(26)10-15(12-28)21(33-22)30-16-11-18(27)23(29-13-16)34-5-8-36-9-6-34/h10-11,13,19-20H,4-9,14H2,1-3H3,(H,32,35)(H2,30,31,33)/t19-,20+/m1/s1. The van der Waals surface area contributed by atoms with Crippen LogP contribution in [-0.2, 0) is 14.2 Å². The predicted molar refractivity (Wildman–Crippen MR) is 135 cm³/mol. The molecule has 2 aromatic heterocycles. The highest BCUT2D eigenvalue weighted by molar-refractivity contribution is 5.69. The number of morpholine rings is 1. The van der Waals surface area contributed by atoms with Gasteiger partial charge in [0.15, 0.2) is 29.1 Å². The second kappa shape index (κ2) is 11.7. The van der Waals surface area contributed by atoms with Gasteiger partial charge in [-0.2, -0.15) is 5.26 Å². The van der Waals surface area contributed by atoms with E-state index < -0.39 is 35.4 Å². The lowest BCUT2D eigenvalue weighted by Crippen LogP contribution is -2.53. The molecule has 0 radical (unpaired) electrons. The molecule has 204 valence electrons. The number of carbonyl (C=O) groups is 1. The molecule has 0 saturated carbocycles. The Balaban J connectivity index is 1.51. The number of nitrogens with one attached hydrogen (secondary N) is 3. The molecule has 0 unspecified atom stereocenters. The number of pyridine rings is 2. The van der Waals surface area contributed by atoms with Crippen LogP contribution < -0.4 is 20.9 Å². The Kier molecular flexibility index (Phi) is 8.43. The summed E-state index contributed by atoms with van der Waals surface area (Å²) in [6, 6.07) is 3.25. The Labute approximate surface area is 219 Å². The maximum absolute atomic E-state index is 14.9. The van der Waals surface area contributed by atoms with Crippen molar-refractivity contribution in [2.24, 2.45) is 0 Å². The lowest BCUT2D eigenvalue weighted by Gasteiger charge is -2.33. The molecule has 2 aliphatic rings. The first-order valence-electron chi connectivity index (χ1n) is 12.3. The van der Waals surface area contributed by atoms with E-state index in [0.717, 1.165) is 6.07 Å². The van der Waals surface area contributed by atoms with Crippen molar-refractivity contribution in [3.05, 3.63) is 35.5 Å². The average molecular weight is 532 g/mol. The molecule has 2 aromatic rings. The van der Waals surface area contributed by atoms with E-state index in [-0.39, 0.29) is 35.3 Å². The van der Waals surface area contributed by atoms with Crippen molar-refractivity contribution in [1.29, 1.82) is 5.26 Å². The van der Waals surface area contributed by atoms with Crippen LogP contribution in [0.15, 0.2) is 18.3 Å². The highest BCUT2D eigenvalue weighted by atomic mass is 19.1. The number of hydrogen-bond donors (Lipinski definition) is 3. The number of nitrogens with zero attached hydrogens (tertiary/aromatic N) is 4. The smallest absolute Gasteiger partial charge is 0.408 e. The molecule has 13 heteroatoms. The molecule has 3 N–H and O–H groups in total. The quantitative estimate of drug-likeness (QED) is 0.510. The summed E-state index contributed by atoms with van der Waals surface area (Å²) in [4.78, 5) is 22.6. The van der Waals surface area contributed by atoms with Gasteiger partial charge in [-0.25, -0.2) is 23.5 Å². The number of rotatable bonds is 6. The van der Waals surface area contributed by atoms with Crippen LogP contribution in [0.4, 0.5) is 36.7 Å². The Hall–Kier alpha value is -3.76. The van der Waals surface area contributed by atoms with Crippen LogP contribution in [0.25, 0.3) is 0 Å². The molecule has 2 aliphatic heterocycles. The number of carbonyl (C=O) groups excluding carboxylic acids is 1. The third-order valence-electron chi connectivity index (χ3n) is 5.87. The Morgan fingerprint density at radius 3 is 2.58 bits per heavy atom. The van der Waals surface area contributed by atoms with Crippen molar-refractivity contribution < 1.29 is 27.8 Å². The van der Waals surface area contributed by atoms with E-state index in [1.165, 1.54) is 12.3 Å². The Bertz CT molecular complexity index is 1200. The topological polar surface area (TPSA) is 134 Å². The molecule has 0 aliphatic carbocycles. The minimum atomic E-state index is -0.749. The summed E-state index contributed by atoms with van der Waals surface area (Å²) >= 11 is 0. The summed E-state index contributed by atoms with van der Waals surface area (Å²) in [5, 5.41) is 18.2. The van der Waals surface area contributed by atoms with E-state index in [9.17, 15) is 18.8 Å². The first kappa shape index (κ1) is 27.3. The minimum absolute atomic E-state index is 0.0282. The Morgan fingerprint density at radius 1 is 1.13 bits per heavy atom. The first-order chi connectivity index (χ1) is 18.1. The third-order valence-corrected chi connectivity index (χ3v) is 5.87. The van der Waals surface area contributed by atoms with Crippen LogP contribution in [-0.4, -0.2) is 73.3 Å². The van der Waals surface area contributed by atoms with Gasteiger partial charge in [0.05, 0.1) is 49.4 Å². The molecule has 38 heavy (non-hydrogen) atoms. The second-order valence-corrected chi connectivity index (χ2v) is 9.95. The zero-order valence-electron chi connectivity index (χ0n) is 21.5. The summed E-state index contributed by atoms with van der Waals surface area (Å²) in [6.07, 6.45) is 1.26. The SMILES string of the molecule is CC(C)(C)OC(=O)N[C@H]1COCC[C@H]1Nc1nc(Nc2cnc(N3CCOCC3)c(F)c2)c(C#N)cc1F. The number of halogens is 2. The van der Waals surface area contributed by atoms with Crippen LogP contribution in [0.1, 0.15) is 32.8 Å². The van der Waals surface area contributed by atoms with Crippen LogP contribution in [0.5, 0.6) is 0 Å². The van der Waals surface area contributed by atoms with Gasteiger partial charge in [-0.3, -0.25) is 0 Å². The summed E-state index contributed by atoms with van der Waals surface area (Å²) in [5.41, 5.74) is -0.503. The summed E-state index contributed by atoms with van der Waals surface area (Å²) < 4.78 is 45.8. The van der Waals surface area contributed by atoms with E-state index >= 15 is 0 Å². The highest BCUT2D eigenvalue weighted by Crippen LogP contribution is 2.27.